The lowest BCUT2D eigenvalue weighted by molar-refractivity contribution is 0.580. The Hall–Kier alpha value is 0.310. The van der Waals surface area contributed by atoms with Crippen LogP contribution in [0.3, 0.4) is 0 Å². The van der Waals surface area contributed by atoms with E-state index < -0.39 is 0 Å². The number of thioether (sulfide) groups is 1. The highest BCUT2D eigenvalue weighted by Gasteiger charge is 2.08. The average molecular weight is 147 g/mol. The summed E-state index contributed by atoms with van der Waals surface area (Å²) >= 11 is 1.94. The normalized spacial score (nSPS) is 14.3. The first-order chi connectivity index (χ1) is 4.22. The average Bonchev–Trinajstić information content (AvgIpc) is 1.82. The Bertz CT molecular complexity index is 63.9. The van der Waals surface area contributed by atoms with Crippen LogP contribution in [0.5, 0.6) is 0 Å². The predicted molar refractivity (Wildman–Crippen MR) is 46.1 cm³/mol. The van der Waals surface area contributed by atoms with Crippen LogP contribution in [0.2, 0.25) is 0 Å². The third-order valence-electron chi connectivity index (χ3n) is 1.45. The summed E-state index contributed by atoms with van der Waals surface area (Å²) in [7, 11) is 2.01. The van der Waals surface area contributed by atoms with Crippen molar-refractivity contribution in [2.75, 3.05) is 19.8 Å². The van der Waals surface area contributed by atoms with Crippen molar-refractivity contribution in [2.24, 2.45) is 5.92 Å². The summed E-state index contributed by atoms with van der Waals surface area (Å²) in [6.07, 6.45) is 2.17. The highest BCUT2D eigenvalue weighted by Crippen LogP contribution is 2.14. The molecule has 1 N–H and O–H groups in total. The van der Waals surface area contributed by atoms with Crippen LogP contribution in [0.4, 0.5) is 0 Å². The maximum Gasteiger partial charge on any atom is 0.0192 e. The lowest BCUT2D eigenvalue weighted by atomic mass is 10.1. The molecule has 56 valence electrons. The van der Waals surface area contributed by atoms with Crippen LogP contribution in [0.15, 0.2) is 0 Å². The molecule has 0 saturated heterocycles. The van der Waals surface area contributed by atoms with Crippen LogP contribution < -0.4 is 5.32 Å². The molecule has 0 aromatic heterocycles. The van der Waals surface area contributed by atoms with E-state index in [1.807, 2.05) is 18.8 Å². The van der Waals surface area contributed by atoms with E-state index in [0.29, 0.717) is 0 Å². The van der Waals surface area contributed by atoms with Gasteiger partial charge in [-0.15, -0.1) is 0 Å². The van der Waals surface area contributed by atoms with Gasteiger partial charge in [-0.1, -0.05) is 13.8 Å². The first-order valence-electron chi connectivity index (χ1n) is 3.39. The molecular formula is C7H17NS. The van der Waals surface area contributed by atoms with Crippen molar-refractivity contribution in [3.05, 3.63) is 0 Å². The summed E-state index contributed by atoms with van der Waals surface area (Å²) in [6.45, 7) is 5.65. The lowest BCUT2D eigenvalue weighted by Gasteiger charge is -2.16. The minimum absolute atomic E-state index is 0.773. The van der Waals surface area contributed by atoms with Gasteiger partial charge >= 0.3 is 0 Å². The van der Waals surface area contributed by atoms with Gasteiger partial charge in [0, 0.05) is 11.8 Å². The zero-order valence-electron chi connectivity index (χ0n) is 6.77. The zero-order valence-corrected chi connectivity index (χ0v) is 7.59. The van der Waals surface area contributed by atoms with Crippen LogP contribution in [-0.2, 0) is 0 Å². The molecule has 1 nitrogen and oxygen atoms in total. The van der Waals surface area contributed by atoms with E-state index >= 15 is 0 Å². The molecule has 0 bridgehead atoms. The van der Waals surface area contributed by atoms with Gasteiger partial charge in [-0.05, 0) is 19.2 Å². The first kappa shape index (κ1) is 9.31. The molecule has 1 unspecified atom stereocenters. The fraction of sp³-hybridized carbons (Fsp3) is 1.00. The minimum Gasteiger partial charge on any atom is -0.319 e. The van der Waals surface area contributed by atoms with Gasteiger partial charge in [0.15, 0.2) is 0 Å². The van der Waals surface area contributed by atoms with Gasteiger partial charge in [0.25, 0.3) is 0 Å². The zero-order chi connectivity index (χ0) is 7.28. The van der Waals surface area contributed by atoms with Crippen LogP contribution in [0.1, 0.15) is 13.8 Å². The largest absolute Gasteiger partial charge is 0.319 e. The molecule has 0 aliphatic carbocycles. The fourth-order valence-electron chi connectivity index (χ4n) is 0.792. The van der Waals surface area contributed by atoms with E-state index in [1.165, 1.54) is 0 Å². The van der Waals surface area contributed by atoms with Gasteiger partial charge in [-0.2, -0.15) is 11.8 Å². The van der Waals surface area contributed by atoms with Crippen molar-refractivity contribution in [2.45, 2.75) is 19.1 Å². The van der Waals surface area contributed by atoms with E-state index in [1.54, 1.807) is 0 Å². The predicted octanol–water partition coefficient (Wildman–Crippen LogP) is 1.59. The molecule has 1 atom stereocenters. The van der Waals surface area contributed by atoms with Gasteiger partial charge < -0.3 is 5.32 Å². The Morgan fingerprint density at radius 1 is 1.44 bits per heavy atom. The summed E-state index contributed by atoms with van der Waals surface area (Å²) in [6, 6.07) is 0. The SMILES string of the molecule is CNCC(SC)C(C)C. The van der Waals surface area contributed by atoms with Crippen molar-refractivity contribution in [1.29, 1.82) is 0 Å². The number of nitrogens with one attached hydrogen (secondary N) is 1. The summed E-state index contributed by atoms with van der Waals surface area (Å²) in [5.41, 5.74) is 0. The molecule has 0 spiro atoms. The second-order valence-corrected chi connectivity index (χ2v) is 3.65. The van der Waals surface area contributed by atoms with Crippen molar-refractivity contribution < 1.29 is 0 Å². The first-order valence-corrected chi connectivity index (χ1v) is 4.68. The van der Waals surface area contributed by atoms with Gasteiger partial charge in [0.2, 0.25) is 0 Å². The van der Waals surface area contributed by atoms with Crippen LogP contribution in [0, 0.1) is 5.92 Å². The lowest BCUT2D eigenvalue weighted by Crippen LogP contribution is -2.25. The second-order valence-electron chi connectivity index (χ2n) is 2.58. The van der Waals surface area contributed by atoms with Gasteiger partial charge in [0.05, 0.1) is 0 Å². The number of hydrogen-bond acceptors (Lipinski definition) is 2. The fourth-order valence-corrected chi connectivity index (χ4v) is 1.67. The Kier molecular flexibility index (Phi) is 5.30. The van der Waals surface area contributed by atoms with E-state index in [4.69, 9.17) is 0 Å². The van der Waals surface area contributed by atoms with Crippen molar-refractivity contribution >= 4 is 11.8 Å². The summed E-state index contributed by atoms with van der Waals surface area (Å²) < 4.78 is 0. The third-order valence-corrected chi connectivity index (χ3v) is 2.77. The second kappa shape index (κ2) is 5.12. The molecule has 0 rings (SSSR count). The summed E-state index contributed by atoms with van der Waals surface area (Å²) in [5, 5.41) is 3.95. The maximum absolute atomic E-state index is 3.18. The van der Waals surface area contributed by atoms with E-state index in [-0.39, 0.29) is 0 Å². The number of hydrogen-bond donors (Lipinski definition) is 1. The molecule has 0 radical (unpaired) electrons. The van der Waals surface area contributed by atoms with Crippen molar-refractivity contribution in [1.82, 2.24) is 5.32 Å². The quantitative estimate of drug-likeness (QED) is 0.648. The molecule has 0 saturated carbocycles. The van der Waals surface area contributed by atoms with Crippen LogP contribution in [-0.4, -0.2) is 25.1 Å². The Morgan fingerprint density at radius 2 is 2.00 bits per heavy atom. The molecule has 0 fully saturated rings. The highest BCUT2D eigenvalue weighted by atomic mass is 32.2. The molecule has 9 heavy (non-hydrogen) atoms. The monoisotopic (exact) mass is 147 g/mol. The molecule has 0 aromatic carbocycles. The molecule has 0 amide bonds. The van der Waals surface area contributed by atoms with Gasteiger partial charge in [-0.3, -0.25) is 0 Å². The van der Waals surface area contributed by atoms with Gasteiger partial charge in [-0.25, -0.2) is 0 Å². The maximum atomic E-state index is 3.18. The Morgan fingerprint density at radius 3 is 2.11 bits per heavy atom. The third kappa shape index (κ3) is 3.82. The molecule has 0 aromatic rings. The van der Waals surface area contributed by atoms with Crippen molar-refractivity contribution in [3.63, 3.8) is 0 Å². The number of rotatable bonds is 4. The molecule has 2 heteroatoms. The molecule has 0 heterocycles. The van der Waals surface area contributed by atoms with Crippen LogP contribution in [0.25, 0.3) is 0 Å². The van der Waals surface area contributed by atoms with E-state index in [2.05, 4.69) is 25.4 Å². The van der Waals surface area contributed by atoms with Gasteiger partial charge in [0.1, 0.15) is 0 Å². The molecular weight excluding hydrogens is 130 g/mol. The Balaban J connectivity index is 3.41. The smallest absolute Gasteiger partial charge is 0.0192 e. The summed E-state index contributed by atoms with van der Waals surface area (Å²) in [4.78, 5) is 0. The summed E-state index contributed by atoms with van der Waals surface area (Å²) in [5.74, 6) is 0.785. The Labute approximate surface area is 62.6 Å². The van der Waals surface area contributed by atoms with E-state index in [0.717, 1.165) is 17.7 Å². The standard InChI is InChI=1S/C7H17NS/c1-6(2)7(9-4)5-8-3/h6-8H,5H2,1-4H3. The topological polar surface area (TPSA) is 12.0 Å². The minimum atomic E-state index is 0.773. The van der Waals surface area contributed by atoms with Crippen LogP contribution >= 0.6 is 11.8 Å². The van der Waals surface area contributed by atoms with Crippen molar-refractivity contribution in [3.8, 4) is 0 Å². The highest BCUT2D eigenvalue weighted by molar-refractivity contribution is 7.99. The molecule has 0 aliphatic rings. The molecule has 0 aliphatic heterocycles. The van der Waals surface area contributed by atoms with E-state index in [9.17, 15) is 0 Å².